The molecule has 11 heteroatoms. The van der Waals surface area contributed by atoms with Crippen molar-refractivity contribution >= 4 is 28.1 Å². The van der Waals surface area contributed by atoms with Gasteiger partial charge in [-0.1, -0.05) is 11.3 Å². The number of nitrogens with zero attached hydrogens (tertiary/aromatic N) is 8. The molecule has 0 aliphatic rings. The molecule has 0 radical (unpaired) electrons. The van der Waals surface area contributed by atoms with Crippen molar-refractivity contribution in [1.82, 2.24) is 33.7 Å². The highest BCUT2D eigenvalue weighted by atomic mass is 16.2. The lowest BCUT2D eigenvalue weighted by molar-refractivity contribution is 0.650. The highest BCUT2D eigenvalue weighted by Gasteiger charge is 2.22. The van der Waals surface area contributed by atoms with Crippen molar-refractivity contribution in [3.05, 3.63) is 44.6 Å². The Balaban J connectivity index is 1.87. The van der Waals surface area contributed by atoms with Gasteiger partial charge in [0.15, 0.2) is 11.2 Å². The van der Waals surface area contributed by atoms with Crippen LogP contribution < -0.4 is 21.9 Å². The van der Waals surface area contributed by atoms with E-state index in [9.17, 15) is 9.59 Å². The zero-order valence-electron chi connectivity index (χ0n) is 18.4. The Morgan fingerprint density at radius 1 is 1.19 bits per heavy atom. The molecule has 0 saturated heterocycles. The number of hydrogen-bond acceptors (Lipinski definition) is 7. The molecule has 0 fully saturated rings. The fourth-order valence-corrected chi connectivity index (χ4v) is 3.97. The van der Waals surface area contributed by atoms with E-state index in [2.05, 4.69) is 15.3 Å². The third-order valence-corrected chi connectivity index (χ3v) is 5.45. The van der Waals surface area contributed by atoms with E-state index in [-0.39, 0.29) is 18.1 Å². The normalized spacial score (nSPS) is 12.7. The maximum Gasteiger partial charge on any atom is 0.332 e. The average Bonchev–Trinajstić information content (AvgIpc) is 3.30. The Kier molecular flexibility index (Phi) is 5.13. The standard InChI is InChI=1S/C20H27N9O2/c1-6-28-16-17(22-19(28)25(3)10-12(2)21)26(4)20(31)29(18(16)30)11-13-7-8-15-14(9-13)23-24-27(15)5/h7-9,12H,6,10-11,21H2,1-5H3. The van der Waals surface area contributed by atoms with Gasteiger partial charge in [-0.05, 0) is 31.5 Å². The molecule has 0 saturated carbocycles. The van der Waals surface area contributed by atoms with Crippen LogP contribution in [0.1, 0.15) is 19.4 Å². The van der Waals surface area contributed by atoms with Gasteiger partial charge in [-0.3, -0.25) is 13.9 Å². The molecule has 11 nitrogen and oxygen atoms in total. The minimum Gasteiger partial charge on any atom is -0.344 e. The number of rotatable bonds is 6. The van der Waals surface area contributed by atoms with Crippen molar-refractivity contribution in [1.29, 1.82) is 0 Å². The van der Waals surface area contributed by atoms with E-state index in [1.807, 2.05) is 55.6 Å². The second-order valence-electron chi connectivity index (χ2n) is 7.96. The Labute approximate surface area is 178 Å². The number of imidazole rings is 1. The summed E-state index contributed by atoms with van der Waals surface area (Å²) >= 11 is 0. The van der Waals surface area contributed by atoms with Crippen LogP contribution in [0.25, 0.3) is 22.2 Å². The van der Waals surface area contributed by atoms with Gasteiger partial charge in [0.1, 0.15) is 5.52 Å². The summed E-state index contributed by atoms with van der Waals surface area (Å²) in [6.45, 7) is 5.10. The quantitative estimate of drug-likeness (QED) is 0.462. The highest BCUT2D eigenvalue weighted by Crippen LogP contribution is 2.19. The minimum absolute atomic E-state index is 0.0633. The van der Waals surface area contributed by atoms with E-state index in [4.69, 9.17) is 5.73 Å². The molecule has 0 aliphatic carbocycles. The number of fused-ring (bicyclic) bond motifs is 2. The molecular formula is C20H27N9O2. The van der Waals surface area contributed by atoms with Crippen LogP contribution in [0.2, 0.25) is 0 Å². The summed E-state index contributed by atoms with van der Waals surface area (Å²) in [5.41, 5.74) is 8.31. The van der Waals surface area contributed by atoms with Gasteiger partial charge in [-0.15, -0.1) is 5.10 Å². The Bertz CT molecular complexity index is 1390. The zero-order valence-corrected chi connectivity index (χ0v) is 18.4. The zero-order chi connectivity index (χ0) is 22.4. The van der Waals surface area contributed by atoms with Crippen LogP contribution >= 0.6 is 0 Å². The fraction of sp³-hybridized carbons (Fsp3) is 0.450. The molecule has 2 N–H and O–H groups in total. The fourth-order valence-electron chi connectivity index (χ4n) is 3.97. The molecule has 0 bridgehead atoms. The monoisotopic (exact) mass is 425 g/mol. The van der Waals surface area contributed by atoms with Crippen LogP contribution in [0, 0.1) is 0 Å². The lowest BCUT2D eigenvalue weighted by Crippen LogP contribution is -2.40. The first kappa shape index (κ1) is 20.8. The largest absolute Gasteiger partial charge is 0.344 e. The first-order valence-corrected chi connectivity index (χ1v) is 10.2. The van der Waals surface area contributed by atoms with Gasteiger partial charge < -0.3 is 15.2 Å². The first-order chi connectivity index (χ1) is 14.7. The van der Waals surface area contributed by atoms with E-state index in [0.29, 0.717) is 35.7 Å². The minimum atomic E-state index is -0.418. The van der Waals surface area contributed by atoms with Gasteiger partial charge in [0, 0.05) is 40.3 Å². The van der Waals surface area contributed by atoms with Crippen LogP contribution in [-0.2, 0) is 27.2 Å². The van der Waals surface area contributed by atoms with E-state index < -0.39 is 5.69 Å². The van der Waals surface area contributed by atoms with Crippen molar-refractivity contribution in [3.8, 4) is 0 Å². The summed E-state index contributed by atoms with van der Waals surface area (Å²) < 4.78 is 6.17. The van der Waals surface area contributed by atoms with E-state index in [0.717, 1.165) is 11.1 Å². The Morgan fingerprint density at radius 3 is 2.61 bits per heavy atom. The lowest BCUT2D eigenvalue weighted by Gasteiger charge is -2.20. The van der Waals surface area contributed by atoms with Gasteiger partial charge >= 0.3 is 5.69 Å². The lowest BCUT2D eigenvalue weighted by atomic mass is 10.2. The Hall–Kier alpha value is -3.47. The number of likely N-dealkylation sites (N-methyl/N-ethyl adjacent to an activating group) is 1. The second kappa shape index (κ2) is 7.65. The van der Waals surface area contributed by atoms with Crippen molar-refractivity contribution in [3.63, 3.8) is 0 Å². The maximum atomic E-state index is 13.4. The van der Waals surface area contributed by atoms with Gasteiger partial charge in [-0.25, -0.2) is 9.48 Å². The molecule has 164 valence electrons. The van der Waals surface area contributed by atoms with E-state index >= 15 is 0 Å². The summed E-state index contributed by atoms with van der Waals surface area (Å²) in [7, 11) is 5.33. The van der Waals surface area contributed by atoms with E-state index in [1.54, 1.807) is 11.7 Å². The Morgan fingerprint density at radius 2 is 1.94 bits per heavy atom. The molecule has 1 aromatic carbocycles. The van der Waals surface area contributed by atoms with Crippen LogP contribution in [0.5, 0.6) is 0 Å². The van der Waals surface area contributed by atoms with Crippen molar-refractivity contribution in [2.75, 3.05) is 18.5 Å². The molecule has 1 unspecified atom stereocenters. The number of benzene rings is 1. The van der Waals surface area contributed by atoms with Gasteiger partial charge in [0.2, 0.25) is 5.95 Å². The van der Waals surface area contributed by atoms with Crippen LogP contribution in [0.3, 0.4) is 0 Å². The number of anilines is 1. The maximum absolute atomic E-state index is 13.4. The van der Waals surface area contributed by atoms with E-state index in [1.165, 1.54) is 9.13 Å². The summed E-state index contributed by atoms with van der Waals surface area (Å²) in [5, 5.41) is 8.12. The number of aromatic nitrogens is 7. The van der Waals surface area contributed by atoms with Crippen molar-refractivity contribution in [2.24, 2.45) is 19.8 Å². The second-order valence-corrected chi connectivity index (χ2v) is 7.96. The molecule has 3 heterocycles. The molecule has 0 spiro atoms. The molecule has 31 heavy (non-hydrogen) atoms. The molecule has 1 atom stereocenters. The van der Waals surface area contributed by atoms with Crippen molar-refractivity contribution in [2.45, 2.75) is 33.0 Å². The average molecular weight is 425 g/mol. The smallest absolute Gasteiger partial charge is 0.332 e. The predicted molar refractivity (Wildman–Crippen MR) is 119 cm³/mol. The highest BCUT2D eigenvalue weighted by molar-refractivity contribution is 5.75. The van der Waals surface area contributed by atoms with Crippen LogP contribution in [-0.4, -0.2) is 53.3 Å². The van der Waals surface area contributed by atoms with Crippen LogP contribution in [0.15, 0.2) is 27.8 Å². The summed E-state index contributed by atoms with van der Waals surface area (Å²) in [5.74, 6) is 0.612. The number of hydrogen-bond donors (Lipinski definition) is 1. The number of aryl methyl sites for hydroxylation is 3. The molecular weight excluding hydrogens is 398 g/mol. The topological polar surface area (TPSA) is 122 Å². The predicted octanol–water partition coefficient (Wildman–Crippen LogP) is 0.0300. The van der Waals surface area contributed by atoms with Gasteiger partial charge in [0.05, 0.1) is 12.1 Å². The first-order valence-electron chi connectivity index (χ1n) is 10.2. The molecule has 4 rings (SSSR count). The van der Waals surface area contributed by atoms with Crippen molar-refractivity contribution < 1.29 is 0 Å². The third-order valence-electron chi connectivity index (χ3n) is 5.45. The third kappa shape index (κ3) is 3.40. The summed E-state index contributed by atoms with van der Waals surface area (Å²) in [4.78, 5) is 33.0. The molecule has 4 aromatic rings. The van der Waals surface area contributed by atoms with Gasteiger partial charge in [0.25, 0.3) is 5.56 Å². The number of nitrogens with two attached hydrogens (primary N) is 1. The summed E-state index contributed by atoms with van der Waals surface area (Å²) in [6, 6.07) is 5.54. The molecule has 0 aliphatic heterocycles. The summed E-state index contributed by atoms with van der Waals surface area (Å²) in [6.07, 6.45) is 0. The van der Waals surface area contributed by atoms with Gasteiger partial charge in [-0.2, -0.15) is 4.98 Å². The van der Waals surface area contributed by atoms with Crippen LogP contribution in [0.4, 0.5) is 5.95 Å². The molecule has 0 amide bonds. The SMILES string of the molecule is CCn1c(N(C)CC(C)N)nc2c1c(=O)n(Cc1ccc3c(c1)nnn3C)c(=O)n2C. The molecule has 3 aromatic heterocycles.